The highest BCUT2D eigenvalue weighted by molar-refractivity contribution is 5.82. The summed E-state index contributed by atoms with van der Waals surface area (Å²) in [7, 11) is 0. The first-order valence-electron chi connectivity index (χ1n) is 7.51. The van der Waals surface area contributed by atoms with Crippen LogP contribution in [0.15, 0.2) is 0 Å². The zero-order valence-corrected chi connectivity index (χ0v) is 13.1. The number of carbonyl (C=O) groups is 1. The molecule has 0 aromatic carbocycles. The summed E-state index contributed by atoms with van der Waals surface area (Å²) in [6.07, 6.45) is 2.65. The Labute approximate surface area is 117 Å². The van der Waals surface area contributed by atoms with E-state index in [1.807, 2.05) is 13.8 Å². The van der Waals surface area contributed by atoms with E-state index in [9.17, 15) is 9.90 Å². The van der Waals surface area contributed by atoms with E-state index in [1.165, 1.54) is 0 Å². The van der Waals surface area contributed by atoms with Crippen LogP contribution in [0.25, 0.3) is 0 Å². The number of hydrogen-bond donors (Lipinski definition) is 2. The average molecular weight is 270 g/mol. The molecule has 4 nitrogen and oxygen atoms in total. The summed E-state index contributed by atoms with van der Waals surface area (Å²) in [4.78, 5) is 14.5. The number of nitrogens with zero attached hydrogens (tertiary/aromatic N) is 1. The van der Waals surface area contributed by atoms with Crippen molar-refractivity contribution in [3.05, 3.63) is 0 Å². The van der Waals surface area contributed by atoms with Crippen LogP contribution in [0.1, 0.15) is 53.9 Å². The van der Waals surface area contributed by atoms with Gasteiger partial charge in [-0.05, 0) is 66.0 Å². The number of piperidine rings is 1. The Morgan fingerprint density at radius 3 is 2.32 bits per heavy atom. The van der Waals surface area contributed by atoms with E-state index in [0.29, 0.717) is 5.92 Å². The highest BCUT2D eigenvalue weighted by Crippen LogP contribution is 2.22. The maximum atomic E-state index is 12.2. The molecule has 4 heteroatoms. The van der Waals surface area contributed by atoms with E-state index in [0.717, 1.165) is 32.4 Å². The summed E-state index contributed by atoms with van der Waals surface area (Å²) in [5.41, 5.74) is -0.136. The molecule has 0 aromatic heterocycles. The van der Waals surface area contributed by atoms with E-state index in [1.54, 1.807) is 0 Å². The molecule has 1 heterocycles. The van der Waals surface area contributed by atoms with E-state index in [-0.39, 0.29) is 23.6 Å². The highest BCUT2D eigenvalue weighted by Gasteiger charge is 2.30. The molecule has 0 saturated carbocycles. The van der Waals surface area contributed by atoms with Gasteiger partial charge in [-0.3, -0.25) is 9.69 Å². The lowest BCUT2D eigenvalue weighted by Gasteiger charge is -2.37. The molecule has 2 unspecified atom stereocenters. The van der Waals surface area contributed by atoms with Gasteiger partial charge in [-0.15, -0.1) is 0 Å². The number of nitrogens with one attached hydrogen (secondary N) is 1. The molecule has 2 atom stereocenters. The maximum absolute atomic E-state index is 12.2. The Morgan fingerprint density at radius 1 is 1.37 bits per heavy atom. The smallest absolute Gasteiger partial charge is 0.237 e. The molecule has 19 heavy (non-hydrogen) atoms. The minimum atomic E-state index is -0.231. The fourth-order valence-corrected chi connectivity index (χ4v) is 2.48. The molecule has 0 bridgehead atoms. The molecule has 1 fully saturated rings. The van der Waals surface area contributed by atoms with Gasteiger partial charge in [0.1, 0.15) is 0 Å². The third-order valence-corrected chi connectivity index (χ3v) is 4.53. The van der Waals surface area contributed by atoms with Crippen LogP contribution >= 0.6 is 0 Å². The first kappa shape index (κ1) is 16.4. The molecule has 1 saturated heterocycles. The number of aliphatic hydroxyl groups is 1. The zero-order chi connectivity index (χ0) is 14.6. The summed E-state index contributed by atoms with van der Waals surface area (Å²) in [5.74, 6) is 0.501. The van der Waals surface area contributed by atoms with Gasteiger partial charge in [-0.1, -0.05) is 6.92 Å². The Bertz CT molecular complexity index is 295. The minimum absolute atomic E-state index is 0.0826. The third kappa shape index (κ3) is 4.77. The third-order valence-electron chi connectivity index (χ3n) is 4.53. The molecule has 1 aliphatic heterocycles. The maximum Gasteiger partial charge on any atom is 0.237 e. The average Bonchev–Trinajstić information content (AvgIpc) is 2.37. The van der Waals surface area contributed by atoms with Gasteiger partial charge >= 0.3 is 0 Å². The number of rotatable bonds is 5. The van der Waals surface area contributed by atoms with Crippen molar-refractivity contribution < 1.29 is 9.90 Å². The Kier molecular flexibility index (Phi) is 5.81. The van der Waals surface area contributed by atoms with Crippen molar-refractivity contribution in [2.24, 2.45) is 5.92 Å². The molecule has 0 aromatic rings. The van der Waals surface area contributed by atoms with Crippen LogP contribution in [0.5, 0.6) is 0 Å². The Morgan fingerprint density at radius 2 is 1.89 bits per heavy atom. The van der Waals surface area contributed by atoms with Crippen molar-refractivity contribution >= 4 is 5.91 Å². The zero-order valence-electron chi connectivity index (χ0n) is 13.1. The standard InChI is InChI=1S/C15H30N2O2/c1-6-15(4,5)16-14(19)11(2)17-9-7-13(8-10-17)12(3)18/h11-13,18H,6-10H2,1-5H3,(H,16,19). The second-order valence-electron chi connectivity index (χ2n) is 6.52. The summed E-state index contributed by atoms with van der Waals surface area (Å²) >= 11 is 0. The Hall–Kier alpha value is -0.610. The lowest BCUT2D eigenvalue weighted by atomic mass is 9.91. The van der Waals surface area contributed by atoms with Crippen LogP contribution in [-0.4, -0.2) is 46.7 Å². The van der Waals surface area contributed by atoms with E-state index in [2.05, 4.69) is 31.0 Å². The van der Waals surface area contributed by atoms with Crippen molar-refractivity contribution in [1.29, 1.82) is 0 Å². The van der Waals surface area contributed by atoms with Gasteiger partial charge in [0, 0.05) is 5.54 Å². The van der Waals surface area contributed by atoms with Crippen LogP contribution < -0.4 is 5.32 Å². The van der Waals surface area contributed by atoms with Crippen molar-refractivity contribution in [1.82, 2.24) is 10.2 Å². The van der Waals surface area contributed by atoms with Crippen LogP contribution in [0, 0.1) is 5.92 Å². The summed E-state index contributed by atoms with van der Waals surface area (Å²) < 4.78 is 0. The minimum Gasteiger partial charge on any atom is -0.393 e. The van der Waals surface area contributed by atoms with Crippen molar-refractivity contribution in [2.75, 3.05) is 13.1 Å². The van der Waals surface area contributed by atoms with Gasteiger partial charge in [-0.25, -0.2) is 0 Å². The van der Waals surface area contributed by atoms with Gasteiger partial charge in [0.05, 0.1) is 12.1 Å². The lowest BCUT2D eigenvalue weighted by Crippen LogP contribution is -2.53. The van der Waals surface area contributed by atoms with Crippen LogP contribution in [-0.2, 0) is 4.79 Å². The molecule has 0 spiro atoms. The van der Waals surface area contributed by atoms with Crippen molar-refractivity contribution in [3.8, 4) is 0 Å². The number of amides is 1. The fourth-order valence-electron chi connectivity index (χ4n) is 2.48. The van der Waals surface area contributed by atoms with E-state index < -0.39 is 0 Å². The fraction of sp³-hybridized carbons (Fsp3) is 0.933. The van der Waals surface area contributed by atoms with Gasteiger partial charge in [0.25, 0.3) is 0 Å². The topological polar surface area (TPSA) is 52.6 Å². The predicted molar refractivity (Wildman–Crippen MR) is 78.0 cm³/mol. The Balaban J connectivity index is 2.46. The quantitative estimate of drug-likeness (QED) is 0.800. The SMILES string of the molecule is CCC(C)(C)NC(=O)C(C)N1CCC(C(C)O)CC1. The predicted octanol–water partition coefficient (Wildman–Crippen LogP) is 1.77. The molecule has 1 rings (SSSR count). The van der Waals surface area contributed by atoms with Gasteiger partial charge in [0.2, 0.25) is 5.91 Å². The van der Waals surface area contributed by atoms with Gasteiger partial charge in [0.15, 0.2) is 0 Å². The highest BCUT2D eigenvalue weighted by atomic mass is 16.3. The number of aliphatic hydroxyl groups excluding tert-OH is 1. The number of carbonyl (C=O) groups excluding carboxylic acids is 1. The molecule has 0 radical (unpaired) electrons. The monoisotopic (exact) mass is 270 g/mol. The normalized spacial score (nSPS) is 22.0. The van der Waals surface area contributed by atoms with Crippen LogP contribution in [0.2, 0.25) is 0 Å². The molecule has 1 aliphatic rings. The summed E-state index contributed by atoms with van der Waals surface area (Å²) in [5, 5.41) is 12.7. The first-order valence-corrected chi connectivity index (χ1v) is 7.51. The van der Waals surface area contributed by atoms with Gasteiger partial charge in [-0.2, -0.15) is 0 Å². The van der Waals surface area contributed by atoms with E-state index >= 15 is 0 Å². The molecule has 0 aliphatic carbocycles. The van der Waals surface area contributed by atoms with Crippen LogP contribution in [0.4, 0.5) is 0 Å². The van der Waals surface area contributed by atoms with E-state index in [4.69, 9.17) is 0 Å². The van der Waals surface area contributed by atoms with Crippen molar-refractivity contribution in [3.63, 3.8) is 0 Å². The first-order chi connectivity index (χ1) is 8.76. The molecular formula is C15H30N2O2. The molecular weight excluding hydrogens is 240 g/mol. The molecule has 2 N–H and O–H groups in total. The molecule has 112 valence electrons. The lowest BCUT2D eigenvalue weighted by molar-refractivity contribution is -0.128. The summed E-state index contributed by atoms with van der Waals surface area (Å²) in [6.45, 7) is 11.8. The second kappa shape index (κ2) is 6.71. The number of hydrogen-bond acceptors (Lipinski definition) is 3. The van der Waals surface area contributed by atoms with Crippen molar-refractivity contribution in [2.45, 2.75) is 71.6 Å². The van der Waals surface area contributed by atoms with Crippen LogP contribution in [0.3, 0.4) is 0 Å². The number of likely N-dealkylation sites (tertiary alicyclic amines) is 1. The summed E-state index contributed by atoms with van der Waals surface area (Å²) in [6, 6.07) is -0.0826. The molecule has 1 amide bonds. The van der Waals surface area contributed by atoms with Gasteiger partial charge < -0.3 is 10.4 Å². The second-order valence-corrected chi connectivity index (χ2v) is 6.52. The largest absolute Gasteiger partial charge is 0.393 e.